The Morgan fingerprint density at radius 2 is 1.05 bits per heavy atom. The van der Waals surface area contributed by atoms with Crippen molar-refractivity contribution in [1.29, 1.82) is 0 Å². The summed E-state index contributed by atoms with van der Waals surface area (Å²) in [7, 11) is 0. The van der Waals surface area contributed by atoms with Crippen LogP contribution in [0.2, 0.25) is 0 Å². The summed E-state index contributed by atoms with van der Waals surface area (Å²) < 4.78 is 2.99. The van der Waals surface area contributed by atoms with Crippen molar-refractivity contribution in [2.75, 3.05) is 8.61 Å². The minimum absolute atomic E-state index is 0.145. The van der Waals surface area contributed by atoms with Crippen LogP contribution in [0.1, 0.15) is 13.8 Å². The summed E-state index contributed by atoms with van der Waals surface area (Å²) in [5, 5.41) is 0. The molecule has 2 rings (SSSR count). The molecule has 108 valence electrons. The molecule has 2 amide bonds. The third-order valence-corrected chi connectivity index (χ3v) is 3.98. The van der Waals surface area contributed by atoms with Gasteiger partial charge >= 0.3 is 0 Å². The lowest BCUT2D eigenvalue weighted by molar-refractivity contribution is -0.115. The maximum absolute atomic E-state index is 11.9. The molecule has 0 bridgehead atoms. The number of para-hydroxylation sites is 2. The summed E-state index contributed by atoms with van der Waals surface area (Å²) in [6, 6.07) is 18.5. The van der Waals surface area contributed by atoms with Gasteiger partial charge in [0, 0.05) is 13.8 Å². The molecule has 2 aromatic carbocycles. The topological polar surface area (TPSA) is 40.6 Å². The van der Waals surface area contributed by atoms with Gasteiger partial charge in [-0.3, -0.25) is 9.59 Å². The van der Waals surface area contributed by atoms with Crippen molar-refractivity contribution in [3.63, 3.8) is 0 Å². The molecule has 2 aromatic rings. The second-order valence-corrected chi connectivity index (χ2v) is 5.27. The number of anilines is 2. The zero-order valence-electron chi connectivity index (χ0n) is 11.9. The molecule has 0 heterocycles. The van der Waals surface area contributed by atoms with Crippen molar-refractivity contribution in [1.82, 2.24) is 0 Å². The Kier molecular flexibility index (Phi) is 5.00. The lowest BCUT2D eigenvalue weighted by Crippen LogP contribution is -2.31. The van der Waals surface area contributed by atoms with Crippen molar-refractivity contribution in [3.8, 4) is 0 Å². The Bertz CT molecular complexity index is 561. The number of carbonyl (C=O) groups is 2. The molecule has 0 atom stereocenters. The summed E-state index contributed by atoms with van der Waals surface area (Å²) in [5.74, 6) is -0.290. The third-order valence-electron chi connectivity index (χ3n) is 2.72. The summed E-state index contributed by atoms with van der Waals surface area (Å²) in [6.45, 7) is 2.95. The van der Waals surface area contributed by atoms with E-state index in [1.165, 1.54) is 22.5 Å². The van der Waals surface area contributed by atoms with Crippen molar-refractivity contribution in [3.05, 3.63) is 60.7 Å². The van der Waals surface area contributed by atoms with Crippen LogP contribution in [0.5, 0.6) is 0 Å². The summed E-state index contributed by atoms with van der Waals surface area (Å²) >= 11 is 1.08. The maximum Gasteiger partial charge on any atom is 0.235 e. The number of amides is 2. The highest BCUT2D eigenvalue weighted by atomic mass is 32.2. The predicted octanol–water partition coefficient (Wildman–Crippen LogP) is 3.66. The van der Waals surface area contributed by atoms with Gasteiger partial charge in [-0.1, -0.05) is 36.4 Å². The molecule has 0 unspecified atom stereocenters. The zero-order chi connectivity index (χ0) is 15.2. The molecule has 0 fully saturated rings. The van der Waals surface area contributed by atoms with Gasteiger partial charge < -0.3 is 0 Å². The average molecular weight is 300 g/mol. The van der Waals surface area contributed by atoms with Gasteiger partial charge in [0.25, 0.3) is 0 Å². The van der Waals surface area contributed by atoms with Crippen molar-refractivity contribution in [2.24, 2.45) is 0 Å². The van der Waals surface area contributed by atoms with Crippen LogP contribution in [0.15, 0.2) is 60.7 Å². The van der Waals surface area contributed by atoms with E-state index in [9.17, 15) is 9.59 Å². The molecule has 21 heavy (non-hydrogen) atoms. The molecule has 0 aromatic heterocycles. The minimum Gasteiger partial charge on any atom is -0.274 e. The first kappa shape index (κ1) is 15.1. The number of carbonyl (C=O) groups excluding carboxylic acids is 2. The average Bonchev–Trinajstić information content (AvgIpc) is 2.49. The summed E-state index contributed by atoms with van der Waals surface area (Å²) in [6.07, 6.45) is 0. The highest BCUT2D eigenvalue weighted by molar-refractivity contribution is 8.03. The number of hydrogen-bond donors (Lipinski definition) is 0. The molecule has 0 saturated heterocycles. The number of nitrogens with zero attached hydrogens (tertiary/aromatic N) is 2. The maximum atomic E-state index is 11.9. The Balaban J connectivity index is 2.30. The molecule has 0 saturated carbocycles. The van der Waals surface area contributed by atoms with Crippen molar-refractivity contribution < 1.29 is 9.59 Å². The minimum atomic E-state index is -0.145. The van der Waals surface area contributed by atoms with Crippen LogP contribution in [0.4, 0.5) is 11.4 Å². The Morgan fingerprint density at radius 1 is 0.714 bits per heavy atom. The molecule has 0 aliphatic rings. The fourth-order valence-corrected chi connectivity index (χ4v) is 2.61. The molecule has 4 nitrogen and oxygen atoms in total. The van der Waals surface area contributed by atoms with Crippen molar-refractivity contribution >= 4 is 35.3 Å². The highest BCUT2D eigenvalue weighted by Gasteiger charge is 2.20. The SMILES string of the molecule is CC(=O)N(SN(C(C)=O)c1ccccc1)c1ccccc1. The third kappa shape index (κ3) is 3.86. The van der Waals surface area contributed by atoms with Gasteiger partial charge in [-0.2, -0.15) is 0 Å². The van der Waals surface area contributed by atoms with Gasteiger partial charge in [-0.25, -0.2) is 8.61 Å². The van der Waals surface area contributed by atoms with Gasteiger partial charge in [0.15, 0.2) is 0 Å². The molecule has 5 heteroatoms. The standard InChI is InChI=1S/C16H16N2O2S/c1-13(19)17(15-9-5-3-6-10-15)21-18(14(2)20)16-11-7-4-8-12-16/h3-12H,1-2H3. The first-order valence-corrected chi connectivity index (χ1v) is 7.22. The van der Waals surface area contributed by atoms with Crippen LogP contribution in [0.3, 0.4) is 0 Å². The molecule has 0 aliphatic carbocycles. The monoisotopic (exact) mass is 300 g/mol. The Labute approximate surface area is 128 Å². The van der Waals surface area contributed by atoms with Crippen LogP contribution >= 0.6 is 12.1 Å². The van der Waals surface area contributed by atoms with Gasteiger partial charge in [0.2, 0.25) is 11.8 Å². The van der Waals surface area contributed by atoms with E-state index in [4.69, 9.17) is 0 Å². The largest absolute Gasteiger partial charge is 0.274 e. The first-order chi connectivity index (χ1) is 10.1. The van der Waals surface area contributed by atoms with Crippen LogP contribution in [0, 0.1) is 0 Å². The van der Waals surface area contributed by atoms with Crippen LogP contribution in [-0.4, -0.2) is 11.8 Å². The normalized spacial score (nSPS) is 10.0. The quantitative estimate of drug-likeness (QED) is 0.809. The fourth-order valence-electron chi connectivity index (χ4n) is 1.78. The van der Waals surface area contributed by atoms with E-state index >= 15 is 0 Å². The van der Waals surface area contributed by atoms with Crippen LogP contribution in [-0.2, 0) is 9.59 Å². The molecular weight excluding hydrogens is 284 g/mol. The van der Waals surface area contributed by atoms with Crippen molar-refractivity contribution in [2.45, 2.75) is 13.8 Å². The van der Waals surface area contributed by atoms with E-state index in [0.717, 1.165) is 23.5 Å². The fraction of sp³-hybridized carbons (Fsp3) is 0.125. The Morgan fingerprint density at radius 3 is 1.33 bits per heavy atom. The molecule has 0 spiro atoms. The summed E-state index contributed by atoms with van der Waals surface area (Å²) in [5.41, 5.74) is 1.47. The number of rotatable bonds is 4. The molecule has 0 radical (unpaired) electrons. The van der Waals surface area contributed by atoms with E-state index in [-0.39, 0.29) is 11.8 Å². The van der Waals surface area contributed by atoms with Gasteiger partial charge in [0.05, 0.1) is 23.5 Å². The number of benzene rings is 2. The van der Waals surface area contributed by atoms with E-state index in [1.807, 2.05) is 60.7 Å². The smallest absolute Gasteiger partial charge is 0.235 e. The predicted molar refractivity (Wildman–Crippen MR) is 86.8 cm³/mol. The zero-order valence-corrected chi connectivity index (χ0v) is 12.7. The van der Waals surface area contributed by atoms with E-state index in [1.54, 1.807) is 0 Å². The van der Waals surface area contributed by atoms with Gasteiger partial charge in [-0.15, -0.1) is 0 Å². The molecule has 0 aliphatic heterocycles. The molecule has 0 N–H and O–H groups in total. The number of hydrogen-bond acceptors (Lipinski definition) is 3. The lowest BCUT2D eigenvalue weighted by Gasteiger charge is -2.27. The first-order valence-electron chi connectivity index (χ1n) is 6.49. The molecular formula is C16H16N2O2S. The summed E-state index contributed by atoms with van der Waals surface area (Å²) in [4.78, 5) is 23.8. The second kappa shape index (κ2) is 6.95. The second-order valence-electron chi connectivity index (χ2n) is 4.38. The van der Waals surface area contributed by atoms with Crippen LogP contribution < -0.4 is 8.61 Å². The lowest BCUT2D eigenvalue weighted by atomic mass is 10.3. The van der Waals surface area contributed by atoms with Crippen LogP contribution in [0.25, 0.3) is 0 Å². The van der Waals surface area contributed by atoms with E-state index < -0.39 is 0 Å². The van der Waals surface area contributed by atoms with Gasteiger partial charge in [-0.05, 0) is 24.3 Å². The van der Waals surface area contributed by atoms with Gasteiger partial charge in [0.1, 0.15) is 0 Å². The Hall–Kier alpha value is -2.27. The highest BCUT2D eigenvalue weighted by Crippen LogP contribution is 2.29. The van der Waals surface area contributed by atoms with E-state index in [2.05, 4.69) is 0 Å². The van der Waals surface area contributed by atoms with E-state index in [0.29, 0.717) is 0 Å².